The fraction of sp³-hybridized carbons (Fsp3) is 0.364. The van der Waals surface area contributed by atoms with E-state index in [1.165, 1.54) is 4.68 Å². The van der Waals surface area contributed by atoms with Crippen LogP contribution in [0.25, 0.3) is 6.01 Å². The van der Waals surface area contributed by atoms with E-state index in [2.05, 4.69) is 10.1 Å². The molecule has 106 valence electrons. The second kappa shape index (κ2) is 5.11. The van der Waals surface area contributed by atoms with E-state index < -0.39 is 10.9 Å². The lowest BCUT2D eigenvalue weighted by molar-refractivity contribution is -0.386. The highest BCUT2D eigenvalue weighted by Crippen LogP contribution is 2.27. The summed E-state index contributed by atoms with van der Waals surface area (Å²) in [5.41, 5.74) is 0.274. The summed E-state index contributed by atoms with van der Waals surface area (Å²) in [5, 5.41) is 24.0. The molecule has 0 fully saturated rings. The maximum atomic E-state index is 11.1. The molecule has 0 saturated carbocycles. The van der Waals surface area contributed by atoms with Crippen LogP contribution in [0.5, 0.6) is 0 Å². The van der Waals surface area contributed by atoms with E-state index in [4.69, 9.17) is 9.52 Å². The minimum Gasteiger partial charge on any atom is -0.476 e. The molecule has 0 aliphatic rings. The average Bonchev–Trinajstić information content (AvgIpc) is 3.01. The Labute approximate surface area is 113 Å². The number of oxazole rings is 1. The van der Waals surface area contributed by atoms with E-state index in [0.29, 0.717) is 24.2 Å². The molecule has 0 aliphatic carbocycles. The van der Waals surface area contributed by atoms with Gasteiger partial charge < -0.3 is 9.52 Å². The van der Waals surface area contributed by atoms with Crippen LogP contribution in [0.3, 0.4) is 0 Å². The van der Waals surface area contributed by atoms with Gasteiger partial charge in [-0.1, -0.05) is 13.8 Å². The first-order valence-electron chi connectivity index (χ1n) is 5.93. The molecule has 2 aromatic heterocycles. The fourth-order valence-corrected chi connectivity index (χ4v) is 1.88. The third-order valence-corrected chi connectivity index (χ3v) is 2.77. The van der Waals surface area contributed by atoms with Crippen molar-refractivity contribution in [3.63, 3.8) is 0 Å². The fourth-order valence-electron chi connectivity index (χ4n) is 1.88. The number of carboxylic acid groups (broad SMARTS) is 1. The second-order valence-corrected chi connectivity index (χ2v) is 3.94. The number of carbonyl (C=O) groups is 1. The van der Waals surface area contributed by atoms with E-state index in [1.807, 2.05) is 0 Å². The summed E-state index contributed by atoms with van der Waals surface area (Å²) in [6, 6.07) is -0.0953. The standard InChI is InChI=1S/C11H12N4O5/c1-3-6-9(15(18)19)8(4-2)14(13-6)11-12-7(5-20-11)10(16)17/h5H,3-4H2,1-2H3,(H,16,17). The number of aromatic nitrogens is 3. The van der Waals surface area contributed by atoms with Gasteiger partial charge in [0.25, 0.3) is 0 Å². The summed E-state index contributed by atoms with van der Waals surface area (Å²) in [4.78, 5) is 25.2. The molecule has 0 aromatic carbocycles. The number of aryl methyl sites for hydroxylation is 1. The first-order valence-corrected chi connectivity index (χ1v) is 5.93. The van der Waals surface area contributed by atoms with Gasteiger partial charge in [0.15, 0.2) is 5.69 Å². The quantitative estimate of drug-likeness (QED) is 0.651. The number of carboxylic acids is 1. The topological polar surface area (TPSA) is 124 Å². The zero-order chi connectivity index (χ0) is 14.9. The van der Waals surface area contributed by atoms with Crippen molar-refractivity contribution in [1.82, 2.24) is 14.8 Å². The van der Waals surface area contributed by atoms with Crippen molar-refractivity contribution in [2.24, 2.45) is 0 Å². The predicted molar refractivity (Wildman–Crippen MR) is 66.0 cm³/mol. The zero-order valence-corrected chi connectivity index (χ0v) is 10.9. The Morgan fingerprint density at radius 1 is 1.50 bits per heavy atom. The molecule has 0 amide bonds. The summed E-state index contributed by atoms with van der Waals surface area (Å²) in [6.07, 6.45) is 1.69. The van der Waals surface area contributed by atoms with Crippen molar-refractivity contribution in [3.05, 3.63) is 33.5 Å². The number of rotatable bonds is 5. The maximum Gasteiger partial charge on any atom is 0.357 e. The summed E-state index contributed by atoms with van der Waals surface area (Å²) in [7, 11) is 0. The normalized spacial score (nSPS) is 10.7. The molecule has 2 heterocycles. The predicted octanol–water partition coefficient (Wildman–Crippen LogP) is 1.59. The molecule has 2 aromatic rings. The highest BCUT2D eigenvalue weighted by Gasteiger charge is 2.28. The third-order valence-electron chi connectivity index (χ3n) is 2.77. The van der Waals surface area contributed by atoms with E-state index in [0.717, 1.165) is 6.26 Å². The van der Waals surface area contributed by atoms with Crippen LogP contribution in [0.4, 0.5) is 5.69 Å². The molecule has 20 heavy (non-hydrogen) atoms. The summed E-state index contributed by atoms with van der Waals surface area (Å²) < 4.78 is 6.22. The number of aromatic carboxylic acids is 1. The molecule has 9 heteroatoms. The van der Waals surface area contributed by atoms with Crippen molar-refractivity contribution in [2.75, 3.05) is 0 Å². The molecule has 2 rings (SSSR count). The largest absolute Gasteiger partial charge is 0.476 e. The highest BCUT2D eigenvalue weighted by atomic mass is 16.6. The van der Waals surface area contributed by atoms with Crippen LogP contribution in [-0.2, 0) is 12.8 Å². The lowest BCUT2D eigenvalue weighted by Gasteiger charge is -1.98. The Morgan fingerprint density at radius 3 is 2.65 bits per heavy atom. The Bertz CT molecular complexity index is 672. The monoisotopic (exact) mass is 280 g/mol. The summed E-state index contributed by atoms with van der Waals surface area (Å²) >= 11 is 0. The molecule has 0 radical (unpaired) electrons. The molecule has 0 atom stereocenters. The highest BCUT2D eigenvalue weighted by molar-refractivity contribution is 5.84. The van der Waals surface area contributed by atoms with Gasteiger partial charge in [-0.25, -0.2) is 4.79 Å². The number of hydrogen-bond acceptors (Lipinski definition) is 6. The molecule has 1 N–H and O–H groups in total. The first-order chi connectivity index (χ1) is 9.49. The molecule has 0 bridgehead atoms. The third kappa shape index (κ3) is 2.13. The van der Waals surface area contributed by atoms with Crippen LogP contribution in [0.2, 0.25) is 0 Å². The minimum atomic E-state index is -1.24. The summed E-state index contributed by atoms with van der Waals surface area (Å²) in [5.74, 6) is -1.24. The van der Waals surface area contributed by atoms with Gasteiger partial charge in [0, 0.05) is 0 Å². The SMILES string of the molecule is CCc1nn(-c2nc(C(=O)O)co2)c(CC)c1[N+](=O)[O-]. The average molecular weight is 280 g/mol. The Kier molecular flexibility index (Phi) is 3.51. The molecular weight excluding hydrogens is 268 g/mol. The van der Waals surface area contributed by atoms with Gasteiger partial charge >= 0.3 is 17.7 Å². The number of nitrogens with zero attached hydrogens (tertiary/aromatic N) is 4. The van der Waals surface area contributed by atoms with Crippen molar-refractivity contribution in [3.8, 4) is 6.01 Å². The molecule has 0 unspecified atom stereocenters. The van der Waals surface area contributed by atoms with Gasteiger partial charge in [0.2, 0.25) is 0 Å². The van der Waals surface area contributed by atoms with Crippen LogP contribution in [0, 0.1) is 10.1 Å². The maximum absolute atomic E-state index is 11.1. The second-order valence-electron chi connectivity index (χ2n) is 3.94. The molecule has 0 aliphatic heterocycles. The summed E-state index contributed by atoms with van der Waals surface area (Å²) in [6.45, 7) is 3.48. The molecule has 0 saturated heterocycles. The van der Waals surface area contributed by atoms with Gasteiger partial charge in [-0.15, -0.1) is 0 Å². The van der Waals surface area contributed by atoms with Crippen LogP contribution in [-0.4, -0.2) is 30.8 Å². The molecule has 0 spiro atoms. The van der Waals surface area contributed by atoms with Gasteiger partial charge in [-0.2, -0.15) is 14.8 Å². The smallest absolute Gasteiger partial charge is 0.357 e. The van der Waals surface area contributed by atoms with Gasteiger partial charge in [-0.3, -0.25) is 10.1 Å². The van der Waals surface area contributed by atoms with Crippen molar-refractivity contribution >= 4 is 11.7 Å². The lowest BCUT2D eigenvalue weighted by atomic mass is 10.2. The molecule has 9 nitrogen and oxygen atoms in total. The van der Waals surface area contributed by atoms with Crippen molar-refractivity contribution in [2.45, 2.75) is 26.7 Å². The van der Waals surface area contributed by atoms with Crippen LogP contribution >= 0.6 is 0 Å². The Morgan fingerprint density at radius 2 is 2.20 bits per heavy atom. The van der Waals surface area contributed by atoms with Gasteiger partial charge in [-0.05, 0) is 12.8 Å². The zero-order valence-electron chi connectivity index (χ0n) is 10.9. The van der Waals surface area contributed by atoms with Crippen LogP contribution < -0.4 is 0 Å². The Hall–Kier alpha value is -2.71. The van der Waals surface area contributed by atoms with E-state index >= 15 is 0 Å². The number of nitro groups is 1. The Balaban J connectivity index is 2.61. The van der Waals surface area contributed by atoms with Gasteiger partial charge in [0.1, 0.15) is 17.7 Å². The lowest BCUT2D eigenvalue weighted by Crippen LogP contribution is -2.04. The molecular formula is C11H12N4O5. The van der Waals surface area contributed by atoms with E-state index in [1.54, 1.807) is 13.8 Å². The van der Waals surface area contributed by atoms with Crippen LogP contribution in [0.1, 0.15) is 35.7 Å². The first kappa shape index (κ1) is 13.7. The van der Waals surface area contributed by atoms with E-state index in [-0.39, 0.29) is 17.4 Å². The van der Waals surface area contributed by atoms with Crippen LogP contribution in [0.15, 0.2) is 10.7 Å². The van der Waals surface area contributed by atoms with Crippen molar-refractivity contribution in [1.29, 1.82) is 0 Å². The minimum absolute atomic E-state index is 0.0786. The van der Waals surface area contributed by atoms with E-state index in [9.17, 15) is 14.9 Å². The number of hydrogen-bond donors (Lipinski definition) is 1. The van der Waals surface area contributed by atoms with Crippen molar-refractivity contribution < 1.29 is 19.2 Å². The van der Waals surface area contributed by atoms with Gasteiger partial charge in [0.05, 0.1) is 4.92 Å².